The zero-order valence-corrected chi connectivity index (χ0v) is 11.2. The van der Waals surface area contributed by atoms with E-state index in [-0.39, 0.29) is 18.1 Å². The number of para-hydroxylation sites is 1. The first kappa shape index (κ1) is 13.8. The van der Waals surface area contributed by atoms with Gasteiger partial charge < -0.3 is 11.1 Å². The fourth-order valence-corrected chi connectivity index (χ4v) is 1.91. The third-order valence-corrected chi connectivity index (χ3v) is 2.92. The molecule has 1 amide bonds. The van der Waals surface area contributed by atoms with E-state index in [0.29, 0.717) is 16.9 Å². The van der Waals surface area contributed by atoms with Gasteiger partial charge in [-0.25, -0.2) is 0 Å². The van der Waals surface area contributed by atoms with Crippen LogP contribution in [0.25, 0.3) is 0 Å². The van der Waals surface area contributed by atoms with E-state index in [1.54, 1.807) is 36.4 Å². The van der Waals surface area contributed by atoms with Gasteiger partial charge in [-0.2, -0.15) is 0 Å². The van der Waals surface area contributed by atoms with Gasteiger partial charge in [0.2, 0.25) is 5.91 Å². The Balaban J connectivity index is 2.08. The Hall–Kier alpha value is -2.62. The molecule has 4 heteroatoms. The normalized spacial score (nSPS) is 10.1. The Morgan fingerprint density at radius 2 is 1.70 bits per heavy atom. The van der Waals surface area contributed by atoms with E-state index >= 15 is 0 Å². The van der Waals surface area contributed by atoms with Crippen LogP contribution in [0.5, 0.6) is 0 Å². The molecular weight excluding hydrogens is 252 g/mol. The maximum absolute atomic E-state index is 12.0. The number of hydrogen-bond donors (Lipinski definition) is 2. The smallest absolute Gasteiger partial charge is 0.228 e. The summed E-state index contributed by atoms with van der Waals surface area (Å²) >= 11 is 0. The average Bonchev–Trinajstić information content (AvgIpc) is 2.41. The number of nitrogens with one attached hydrogen (secondary N) is 1. The summed E-state index contributed by atoms with van der Waals surface area (Å²) in [4.78, 5) is 23.5. The number of nitrogens with two attached hydrogens (primary N) is 1. The second-order valence-electron chi connectivity index (χ2n) is 4.57. The van der Waals surface area contributed by atoms with Crippen molar-refractivity contribution in [2.75, 3.05) is 11.1 Å². The van der Waals surface area contributed by atoms with Crippen molar-refractivity contribution in [2.45, 2.75) is 13.3 Å². The zero-order valence-electron chi connectivity index (χ0n) is 11.2. The highest BCUT2D eigenvalue weighted by Gasteiger charge is 2.09. The van der Waals surface area contributed by atoms with Crippen LogP contribution in [0.15, 0.2) is 48.5 Å². The van der Waals surface area contributed by atoms with Gasteiger partial charge in [-0.15, -0.1) is 0 Å². The third-order valence-electron chi connectivity index (χ3n) is 2.92. The number of amides is 1. The third kappa shape index (κ3) is 3.45. The van der Waals surface area contributed by atoms with Crippen molar-refractivity contribution in [3.05, 3.63) is 59.7 Å². The maximum atomic E-state index is 12.0. The predicted molar refractivity (Wildman–Crippen MR) is 79.6 cm³/mol. The summed E-state index contributed by atoms with van der Waals surface area (Å²) in [5, 5.41) is 2.76. The van der Waals surface area contributed by atoms with Gasteiger partial charge in [-0.3, -0.25) is 9.59 Å². The number of anilines is 2. The van der Waals surface area contributed by atoms with E-state index < -0.39 is 0 Å². The molecule has 0 spiro atoms. The highest BCUT2D eigenvalue weighted by Crippen LogP contribution is 2.16. The van der Waals surface area contributed by atoms with Gasteiger partial charge in [0.15, 0.2) is 5.78 Å². The minimum Gasteiger partial charge on any atom is -0.399 e. The molecule has 4 nitrogen and oxygen atoms in total. The summed E-state index contributed by atoms with van der Waals surface area (Å²) in [5.74, 6) is -0.239. The zero-order chi connectivity index (χ0) is 14.5. The van der Waals surface area contributed by atoms with Crippen LogP contribution in [-0.2, 0) is 11.2 Å². The quantitative estimate of drug-likeness (QED) is 0.661. The van der Waals surface area contributed by atoms with Gasteiger partial charge in [0.25, 0.3) is 0 Å². The molecule has 0 bridgehead atoms. The molecule has 0 unspecified atom stereocenters. The molecule has 0 saturated carbocycles. The fourth-order valence-electron chi connectivity index (χ4n) is 1.91. The molecular formula is C16H16N2O2. The second kappa shape index (κ2) is 6.02. The van der Waals surface area contributed by atoms with Crippen LogP contribution in [0, 0.1) is 0 Å². The SMILES string of the molecule is CC(=O)c1ccccc1NC(=O)Cc1ccc(N)cc1. The van der Waals surface area contributed by atoms with E-state index in [9.17, 15) is 9.59 Å². The van der Waals surface area contributed by atoms with E-state index in [2.05, 4.69) is 5.32 Å². The summed E-state index contributed by atoms with van der Waals surface area (Å²) in [5.41, 5.74) is 8.19. The van der Waals surface area contributed by atoms with Gasteiger partial charge in [-0.05, 0) is 36.8 Å². The molecule has 0 saturated heterocycles. The number of ketones is 1. The van der Waals surface area contributed by atoms with Crippen LogP contribution in [0.3, 0.4) is 0 Å². The topological polar surface area (TPSA) is 72.2 Å². The van der Waals surface area contributed by atoms with Crippen molar-refractivity contribution in [3.8, 4) is 0 Å². The van der Waals surface area contributed by atoms with E-state index in [1.807, 2.05) is 12.1 Å². The summed E-state index contributed by atoms with van der Waals surface area (Å²) < 4.78 is 0. The molecule has 2 aromatic carbocycles. The van der Waals surface area contributed by atoms with Crippen molar-refractivity contribution in [2.24, 2.45) is 0 Å². The van der Waals surface area contributed by atoms with Crippen LogP contribution in [0.2, 0.25) is 0 Å². The number of carbonyl (C=O) groups is 2. The van der Waals surface area contributed by atoms with Gasteiger partial charge >= 0.3 is 0 Å². The predicted octanol–water partition coefficient (Wildman–Crippen LogP) is 2.65. The summed E-state index contributed by atoms with van der Waals surface area (Å²) in [6.45, 7) is 1.48. The number of Topliss-reactive ketones (excluding diaryl/α,β-unsaturated/α-hetero) is 1. The van der Waals surface area contributed by atoms with E-state index in [0.717, 1.165) is 5.56 Å². The van der Waals surface area contributed by atoms with Crippen molar-refractivity contribution < 1.29 is 9.59 Å². The lowest BCUT2D eigenvalue weighted by Crippen LogP contribution is -2.16. The van der Waals surface area contributed by atoms with Gasteiger partial charge in [0, 0.05) is 11.3 Å². The lowest BCUT2D eigenvalue weighted by Gasteiger charge is -2.09. The number of nitrogen functional groups attached to an aromatic ring is 1. The molecule has 0 aliphatic rings. The molecule has 2 rings (SSSR count). The largest absolute Gasteiger partial charge is 0.399 e. The van der Waals surface area contributed by atoms with Crippen LogP contribution in [0.4, 0.5) is 11.4 Å². The van der Waals surface area contributed by atoms with Crippen LogP contribution >= 0.6 is 0 Å². The minimum absolute atomic E-state index is 0.0756. The lowest BCUT2D eigenvalue weighted by molar-refractivity contribution is -0.115. The summed E-state index contributed by atoms with van der Waals surface area (Å²) in [6, 6.07) is 14.1. The molecule has 0 heterocycles. The molecule has 0 aliphatic heterocycles. The molecule has 102 valence electrons. The number of carbonyl (C=O) groups excluding carboxylic acids is 2. The van der Waals surface area contributed by atoms with Crippen LogP contribution in [0.1, 0.15) is 22.8 Å². The molecule has 20 heavy (non-hydrogen) atoms. The number of rotatable bonds is 4. The second-order valence-corrected chi connectivity index (χ2v) is 4.57. The summed E-state index contributed by atoms with van der Waals surface area (Å²) in [7, 11) is 0. The Morgan fingerprint density at radius 3 is 2.35 bits per heavy atom. The van der Waals surface area contributed by atoms with Crippen molar-refractivity contribution in [3.63, 3.8) is 0 Å². The first-order chi connectivity index (χ1) is 9.56. The minimum atomic E-state index is -0.163. The fraction of sp³-hybridized carbons (Fsp3) is 0.125. The molecule has 2 aromatic rings. The molecule has 0 radical (unpaired) electrons. The van der Waals surface area contributed by atoms with Crippen molar-refractivity contribution >= 4 is 23.1 Å². The average molecular weight is 268 g/mol. The van der Waals surface area contributed by atoms with Gasteiger partial charge in [0.05, 0.1) is 12.1 Å². The Morgan fingerprint density at radius 1 is 1.05 bits per heavy atom. The van der Waals surface area contributed by atoms with Gasteiger partial charge in [-0.1, -0.05) is 24.3 Å². The lowest BCUT2D eigenvalue weighted by atomic mass is 10.1. The number of benzene rings is 2. The van der Waals surface area contributed by atoms with Crippen molar-refractivity contribution in [1.82, 2.24) is 0 Å². The van der Waals surface area contributed by atoms with E-state index in [4.69, 9.17) is 5.73 Å². The monoisotopic (exact) mass is 268 g/mol. The molecule has 0 aliphatic carbocycles. The highest BCUT2D eigenvalue weighted by molar-refractivity contribution is 6.04. The maximum Gasteiger partial charge on any atom is 0.228 e. The van der Waals surface area contributed by atoms with Crippen LogP contribution in [-0.4, -0.2) is 11.7 Å². The Labute approximate surface area is 117 Å². The Kier molecular flexibility index (Phi) is 4.15. The Bertz CT molecular complexity index is 633. The van der Waals surface area contributed by atoms with Crippen molar-refractivity contribution in [1.29, 1.82) is 0 Å². The van der Waals surface area contributed by atoms with Gasteiger partial charge in [0.1, 0.15) is 0 Å². The van der Waals surface area contributed by atoms with E-state index in [1.165, 1.54) is 6.92 Å². The molecule has 0 atom stereocenters. The molecule has 3 N–H and O–H groups in total. The first-order valence-corrected chi connectivity index (χ1v) is 6.30. The highest BCUT2D eigenvalue weighted by atomic mass is 16.1. The molecule has 0 aromatic heterocycles. The summed E-state index contributed by atoms with van der Waals surface area (Å²) in [6.07, 6.45) is 0.243. The first-order valence-electron chi connectivity index (χ1n) is 6.30. The standard InChI is InChI=1S/C16H16N2O2/c1-11(19)14-4-2-3-5-15(14)18-16(20)10-12-6-8-13(17)9-7-12/h2-9H,10,17H2,1H3,(H,18,20). The molecule has 0 fully saturated rings. The number of hydrogen-bond acceptors (Lipinski definition) is 3. The van der Waals surface area contributed by atoms with Crippen LogP contribution < -0.4 is 11.1 Å².